The predicted molar refractivity (Wildman–Crippen MR) is 41.9 cm³/mol. The second kappa shape index (κ2) is 3.86. The Morgan fingerprint density at radius 2 is 2.10 bits per heavy atom. The van der Waals surface area contributed by atoms with Gasteiger partial charge in [0, 0.05) is 0 Å². The summed E-state index contributed by atoms with van der Waals surface area (Å²) in [4.78, 5) is 0. The molecule has 0 amide bonds. The molecule has 51 valence electrons. The van der Waals surface area contributed by atoms with E-state index in [-0.39, 0.29) is 0 Å². The monoisotopic (exact) mass is 241 g/mol. The summed E-state index contributed by atoms with van der Waals surface area (Å²) in [5.74, 6) is 0. The number of hydrogen-bond acceptors (Lipinski definition) is 1. The molecule has 0 atom stereocenters. The van der Waals surface area contributed by atoms with Crippen LogP contribution in [-0.4, -0.2) is 21.1 Å². The van der Waals surface area contributed by atoms with Crippen LogP contribution in [-0.2, 0) is 9.50 Å². The van der Waals surface area contributed by atoms with E-state index in [1.54, 1.807) is 0 Å². The van der Waals surface area contributed by atoms with Gasteiger partial charge in [-0.1, -0.05) is 0 Å². The SMILES string of the molecule is CCc1cccc[c]1[Sn]=[O]. The summed E-state index contributed by atoms with van der Waals surface area (Å²) >= 11 is -1.45. The van der Waals surface area contributed by atoms with Crippen LogP contribution in [0, 0.1) is 0 Å². The Morgan fingerprint density at radius 1 is 1.40 bits per heavy atom. The van der Waals surface area contributed by atoms with Gasteiger partial charge in [-0.05, 0) is 0 Å². The van der Waals surface area contributed by atoms with Crippen LogP contribution in [0.5, 0.6) is 0 Å². The van der Waals surface area contributed by atoms with E-state index >= 15 is 0 Å². The summed E-state index contributed by atoms with van der Waals surface area (Å²) in [6.07, 6.45) is 0.999. The van der Waals surface area contributed by atoms with Gasteiger partial charge in [0.15, 0.2) is 0 Å². The summed E-state index contributed by atoms with van der Waals surface area (Å²) in [5, 5.41) is 0. The maximum atomic E-state index is 10.7. The fraction of sp³-hybridized carbons (Fsp3) is 0.250. The Morgan fingerprint density at radius 3 is 2.60 bits per heavy atom. The van der Waals surface area contributed by atoms with Crippen LogP contribution < -0.4 is 3.58 Å². The number of benzene rings is 1. The van der Waals surface area contributed by atoms with Gasteiger partial charge in [0.05, 0.1) is 0 Å². The Hall–Kier alpha value is -0.181. The Labute approximate surface area is 71.1 Å². The van der Waals surface area contributed by atoms with Gasteiger partial charge in [0.1, 0.15) is 0 Å². The van der Waals surface area contributed by atoms with E-state index in [1.165, 1.54) is 5.56 Å². The van der Waals surface area contributed by atoms with Crippen molar-refractivity contribution >= 4 is 24.7 Å². The molecule has 0 saturated heterocycles. The van der Waals surface area contributed by atoms with Gasteiger partial charge in [-0.15, -0.1) is 0 Å². The summed E-state index contributed by atoms with van der Waals surface area (Å²) in [6.45, 7) is 2.09. The van der Waals surface area contributed by atoms with Crippen LogP contribution in [0.3, 0.4) is 0 Å². The van der Waals surface area contributed by atoms with Crippen LogP contribution in [0.4, 0.5) is 0 Å². The second-order valence-electron chi connectivity index (χ2n) is 2.11. The van der Waals surface area contributed by atoms with Crippen molar-refractivity contribution in [2.75, 3.05) is 0 Å². The molecule has 0 saturated carbocycles. The molecular formula is C8H9OSn. The molecular weight excluding hydrogens is 231 g/mol. The van der Waals surface area contributed by atoms with Crippen molar-refractivity contribution in [3.63, 3.8) is 0 Å². The summed E-state index contributed by atoms with van der Waals surface area (Å²) in [5.41, 5.74) is 1.25. The van der Waals surface area contributed by atoms with Crippen LogP contribution in [0.1, 0.15) is 12.5 Å². The van der Waals surface area contributed by atoms with Gasteiger partial charge in [0.2, 0.25) is 0 Å². The van der Waals surface area contributed by atoms with Crippen LogP contribution in [0.25, 0.3) is 0 Å². The Balaban J connectivity index is 3.08. The predicted octanol–water partition coefficient (Wildman–Crippen LogP) is 0.924. The third-order valence-corrected chi connectivity index (χ3v) is 3.53. The van der Waals surface area contributed by atoms with Gasteiger partial charge >= 0.3 is 71.0 Å². The first-order valence-corrected chi connectivity index (χ1v) is 5.93. The van der Waals surface area contributed by atoms with Crippen molar-refractivity contribution in [2.45, 2.75) is 13.3 Å². The molecule has 0 aliphatic carbocycles. The van der Waals surface area contributed by atoms with E-state index in [0.29, 0.717) is 0 Å². The van der Waals surface area contributed by atoms with E-state index < -0.39 is 21.1 Å². The van der Waals surface area contributed by atoms with Gasteiger partial charge in [0.25, 0.3) is 0 Å². The summed E-state index contributed by atoms with van der Waals surface area (Å²) in [6, 6.07) is 7.97. The second-order valence-corrected chi connectivity index (χ2v) is 4.23. The fourth-order valence-corrected chi connectivity index (χ4v) is 2.51. The van der Waals surface area contributed by atoms with Crippen molar-refractivity contribution in [3.05, 3.63) is 29.8 Å². The molecule has 0 aliphatic heterocycles. The number of aryl methyl sites for hydroxylation is 1. The quantitative estimate of drug-likeness (QED) is 0.702. The zero-order chi connectivity index (χ0) is 7.40. The van der Waals surface area contributed by atoms with Gasteiger partial charge in [-0.3, -0.25) is 0 Å². The molecule has 2 heteroatoms. The molecule has 0 spiro atoms. The summed E-state index contributed by atoms with van der Waals surface area (Å²) < 4.78 is 11.8. The molecule has 0 N–H and O–H groups in total. The molecule has 1 aromatic carbocycles. The molecule has 0 unspecified atom stereocenters. The normalized spacial score (nSPS) is 9.30. The van der Waals surface area contributed by atoms with Crippen LogP contribution in [0.2, 0.25) is 0 Å². The van der Waals surface area contributed by atoms with Crippen molar-refractivity contribution < 1.29 is 3.08 Å². The van der Waals surface area contributed by atoms with E-state index in [2.05, 4.69) is 6.92 Å². The molecule has 0 bridgehead atoms. The van der Waals surface area contributed by atoms with Crippen molar-refractivity contribution in [1.29, 1.82) is 0 Å². The van der Waals surface area contributed by atoms with E-state index in [0.717, 1.165) is 10.0 Å². The molecule has 1 nitrogen and oxygen atoms in total. The molecule has 0 fully saturated rings. The van der Waals surface area contributed by atoms with Crippen molar-refractivity contribution in [1.82, 2.24) is 0 Å². The first kappa shape index (κ1) is 7.92. The minimum absolute atomic E-state index is 0.999. The number of hydrogen-bond donors (Lipinski definition) is 0. The van der Waals surface area contributed by atoms with Crippen molar-refractivity contribution in [3.8, 4) is 0 Å². The molecule has 1 radical (unpaired) electrons. The van der Waals surface area contributed by atoms with E-state index in [4.69, 9.17) is 0 Å². The number of rotatable bonds is 2. The standard InChI is InChI=1S/C8H9.O.Sn/c1-2-8-6-4-3-5-7-8;;/h3-6H,2H2,1H3;;. The maximum absolute atomic E-state index is 10.7. The van der Waals surface area contributed by atoms with Gasteiger partial charge in [-0.2, -0.15) is 0 Å². The third kappa shape index (κ3) is 1.66. The minimum atomic E-state index is -1.45. The topological polar surface area (TPSA) is 17.1 Å². The Bertz CT molecular complexity index is 232. The fourth-order valence-electron chi connectivity index (χ4n) is 0.928. The Kier molecular flexibility index (Phi) is 3.06. The van der Waals surface area contributed by atoms with Crippen LogP contribution >= 0.6 is 0 Å². The van der Waals surface area contributed by atoms with E-state index in [1.807, 2.05) is 24.3 Å². The molecule has 1 aromatic rings. The van der Waals surface area contributed by atoms with Gasteiger partial charge < -0.3 is 0 Å². The summed E-state index contributed by atoms with van der Waals surface area (Å²) in [7, 11) is 0. The van der Waals surface area contributed by atoms with Crippen molar-refractivity contribution in [2.24, 2.45) is 0 Å². The first-order chi connectivity index (χ1) is 4.88. The molecule has 10 heavy (non-hydrogen) atoms. The molecule has 0 heterocycles. The average Bonchev–Trinajstić information content (AvgIpc) is 2.04. The van der Waals surface area contributed by atoms with E-state index in [9.17, 15) is 3.08 Å². The first-order valence-electron chi connectivity index (χ1n) is 3.34. The zero-order valence-corrected chi connectivity index (χ0v) is 8.78. The molecule has 0 aliphatic rings. The average molecular weight is 240 g/mol. The van der Waals surface area contributed by atoms with Crippen LogP contribution in [0.15, 0.2) is 24.3 Å². The zero-order valence-electron chi connectivity index (χ0n) is 5.92. The van der Waals surface area contributed by atoms with Gasteiger partial charge in [-0.25, -0.2) is 0 Å². The molecule has 1 rings (SSSR count). The third-order valence-electron chi connectivity index (χ3n) is 1.51. The molecule has 0 aromatic heterocycles.